The van der Waals surface area contributed by atoms with E-state index in [9.17, 15) is 0 Å². The van der Waals surface area contributed by atoms with E-state index in [4.69, 9.17) is 10.5 Å². The molecule has 0 bridgehead atoms. The quantitative estimate of drug-likeness (QED) is 0.898. The molecule has 0 atom stereocenters. The van der Waals surface area contributed by atoms with Crippen LogP contribution < -0.4 is 10.5 Å². The van der Waals surface area contributed by atoms with E-state index in [0.29, 0.717) is 24.9 Å². The average molecular weight is 259 g/mol. The second-order valence-corrected chi connectivity index (χ2v) is 5.03. The molecule has 0 spiro atoms. The molecule has 0 amide bonds. The Morgan fingerprint density at radius 3 is 2.68 bits per heavy atom. The molecular weight excluding hydrogens is 238 g/mol. The predicted octanol–water partition coefficient (Wildman–Crippen LogP) is 2.98. The maximum atomic E-state index is 5.73. The highest BCUT2D eigenvalue weighted by molar-refractivity contribution is 5.36. The number of hydrogen-bond donors (Lipinski definition) is 1. The highest BCUT2D eigenvalue weighted by atomic mass is 16.5. The molecule has 4 heteroatoms. The normalized spacial score (nSPS) is 10.9. The Morgan fingerprint density at radius 2 is 2.11 bits per heavy atom. The number of ether oxygens (including phenoxy) is 1. The standard InChI is InChI=1S/C15H21N3O/c1-11(2)14-5-4-13(10-12(14)3)19-9-8-18-7-6-15(16)17-18/h4-7,10-11H,8-9H2,1-3H3,(H2,16,17). The molecule has 0 saturated heterocycles. The SMILES string of the molecule is Cc1cc(OCCn2ccc(N)n2)ccc1C(C)C. The first kappa shape index (κ1) is 13.5. The minimum Gasteiger partial charge on any atom is -0.492 e. The fraction of sp³-hybridized carbons (Fsp3) is 0.400. The highest BCUT2D eigenvalue weighted by Crippen LogP contribution is 2.23. The van der Waals surface area contributed by atoms with Gasteiger partial charge >= 0.3 is 0 Å². The van der Waals surface area contributed by atoms with E-state index in [2.05, 4.69) is 38.0 Å². The third-order valence-corrected chi connectivity index (χ3v) is 3.11. The van der Waals surface area contributed by atoms with Crippen molar-refractivity contribution in [1.29, 1.82) is 0 Å². The molecule has 4 nitrogen and oxygen atoms in total. The predicted molar refractivity (Wildman–Crippen MR) is 77.4 cm³/mol. The van der Waals surface area contributed by atoms with Crippen molar-refractivity contribution in [1.82, 2.24) is 9.78 Å². The van der Waals surface area contributed by atoms with Crippen molar-refractivity contribution in [2.45, 2.75) is 33.2 Å². The summed E-state index contributed by atoms with van der Waals surface area (Å²) < 4.78 is 7.52. The number of hydrogen-bond acceptors (Lipinski definition) is 3. The minimum absolute atomic E-state index is 0.539. The zero-order valence-electron chi connectivity index (χ0n) is 11.8. The molecule has 1 aromatic carbocycles. The summed E-state index contributed by atoms with van der Waals surface area (Å²) in [6.07, 6.45) is 1.85. The number of nitrogens with zero attached hydrogens (tertiary/aromatic N) is 2. The Kier molecular flexibility index (Phi) is 4.10. The van der Waals surface area contributed by atoms with E-state index in [-0.39, 0.29) is 0 Å². The van der Waals surface area contributed by atoms with Crippen LogP contribution in [0.15, 0.2) is 30.5 Å². The lowest BCUT2D eigenvalue weighted by atomic mass is 9.98. The van der Waals surface area contributed by atoms with Crippen LogP contribution in [-0.4, -0.2) is 16.4 Å². The molecule has 0 aliphatic rings. The van der Waals surface area contributed by atoms with E-state index in [1.54, 1.807) is 10.7 Å². The first-order valence-electron chi connectivity index (χ1n) is 6.58. The Morgan fingerprint density at radius 1 is 1.32 bits per heavy atom. The Balaban J connectivity index is 1.91. The van der Waals surface area contributed by atoms with Gasteiger partial charge in [-0.1, -0.05) is 19.9 Å². The zero-order valence-corrected chi connectivity index (χ0v) is 11.8. The molecule has 0 fully saturated rings. The summed E-state index contributed by atoms with van der Waals surface area (Å²) in [5.41, 5.74) is 8.20. The van der Waals surface area contributed by atoms with E-state index in [1.165, 1.54) is 11.1 Å². The van der Waals surface area contributed by atoms with E-state index < -0.39 is 0 Å². The molecular formula is C15H21N3O. The second-order valence-electron chi connectivity index (χ2n) is 5.03. The topological polar surface area (TPSA) is 53.1 Å². The van der Waals surface area contributed by atoms with Gasteiger partial charge in [-0.15, -0.1) is 0 Å². The van der Waals surface area contributed by atoms with Gasteiger partial charge in [0.25, 0.3) is 0 Å². The molecule has 0 aliphatic heterocycles. The number of aromatic nitrogens is 2. The van der Waals surface area contributed by atoms with Crippen molar-refractivity contribution < 1.29 is 4.74 Å². The first-order chi connectivity index (χ1) is 9.06. The highest BCUT2D eigenvalue weighted by Gasteiger charge is 2.04. The summed E-state index contributed by atoms with van der Waals surface area (Å²) in [5, 5.41) is 4.11. The molecule has 0 aliphatic carbocycles. The molecule has 102 valence electrons. The van der Waals surface area contributed by atoms with Crippen LogP contribution in [0.4, 0.5) is 5.82 Å². The average Bonchev–Trinajstić information content (AvgIpc) is 2.75. The molecule has 0 unspecified atom stereocenters. The molecule has 0 saturated carbocycles. The molecule has 1 aromatic heterocycles. The molecule has 0 radical (unpaired) electrons. The van der Waals surface area contributed by atoms with Crippen molar-refractivity contribution in [3.63, 3.8) is 0 Å². The van der Waals surface area contributed by atoms with E-state index in [1.807, 2.05) is 12.3 Å². The number of benzene rings is 1. The number of aryl methyl sites for hydroxylation is 1. The molecule has 1 heterocycles. The van der Waals surface area contributed by atoms with Crippen LogP contribution >= 0.6 is 0 Å². The van der Waals surface area contributed by atoms with Crippen molar-refractivity contribution in [2.75, 3.05) is 12.3 Å². The van der Waals surface area contributed by atoms with Gasteiger partial charge in [0.15, 0.2) is 0 Å². The summed E-state index contributed by atoms with van der Waals surface area (Å²) in [5.74, 6) is 1.99. The largest absolute Gasteiger partial charge is 0.492 e. The van der Waals surface area contributed by atoms with Crippen LogP contribution in [0.5, 0.6) is 5.75 Å². The van der Waals surface area contributed by atoms with Crippen molar-refractivity contribution in [3.05, 3.63) is 41.6 Å². The number of rotatable bonds is 5. The summed E-state index contributed by atoms with van der Waals surface area (Å²) in [6.45, 7) is 7.80. The maximum absolute atomic E-state index is 5.73. The van der Waals surface area contributed by atoms with Crippen LogP contribution in [0.3, 0.4) is 0 Å². The van der Waals surface area contributed by atoms with Crippen LogP contribution in [0.25, 0.3) is 0 Å². The monoisotopic (exact) mass is 259 g/mol. The zero-order chi connectivity index (χ0) is 13.8. The van der Waals surface area contributed by atoms with Gasteiger partial charge in [0.1, 0.15) is 18.2 Å². The molecule has 2 rings (SSSR count). The molecule has 2 aromatic rings. The smallest absolute Gasteiger partial charge is 0.145 e. The van der Waals surface area contributed by atoms with Gasteiger partial charge in [-0.3, -0.25) is 4.68 Å². The number of nitrogens with two attached hydrogens (primary N) is 1. The van der Waals surface area contributed by atoms with Crippen LogP contribution in [-0.2, 0) is 6.54 Å². The molecule has 2 N–H and O–H groups in total. The Bertz CT molecular complexity index is 546. The molecule has 19 heavy (non-hydrogen) atoms. The summed E-state index contributed by atoms with van der Waals surface area (Å²) in [7, 11) is 0. The van der Waals surface area contributed by atoms with Gasteiger partial charge in [0.05, 0.1) is 6.54 Å². The lowest BCUT2D eigenvalue weighted by Gasteiger charge is -2.12. The van der Waals surface area contributed by atoms with E-state index in [0.717, 1.165) is 5.75 Å². The van der Waals surface area contributed by atoms with E-state index >= 15 is 0 Å². The Hall–Kier alpha value is -1.97. The van der Waals surface area contributed by atoms with Crippen LogP contribution in [0, 0.1) is 6.92 Å². The van der Waals surface area contributed by atoms with Gasteiger partial charge in [-0.05, 0) is 42.2 Å². The third kappa shape index (κ3) is 3.50. The summed E-state index contributed by atoms with van der Waals surface area (Å²) in [6, 6.07) is 8.04. The summed E-state index contributed by atoms with van der Waals surface area (Å²) in [4.78, 5) is 0. The van der Waals surface area contributed by atoms with Gasteiger partial charge < -0.3 is 10.5 Å². The van der Waals surface area contributed by atoms with Gasteiger partial charge in [0, 0.05) is 6.20 Å². The maximum Gasteiger partial charge on any atom is 0.145 e. The fourth-order valence-electron chi connectivity index (χ4n) is 2.14. The van der Waals surface area contributed by atoms with Gasteiger partial charge in [0.2, 0.25) is 0 Å². The second kappa shape index (κ2) is 5.78. The number of nitrogen functional groups attached to an aromatic ring is 1. The Labute approximate surface area is 114 Å². The third-order valence-electron chi connectivity index (χ3n) is 3.11. The number of anilines is 1. The minimum atomic E-state index is 0.539. The summed E-state index contributed by atoms with van der Waals surface area (Å²) >= 11 is 0. The van der Waals surface area contributed by atoms with Crippen LogP contribution in [0.2, 0.25) is 0 Å². The fourth-order valence-corrected chi connectivity index (χ4v) is 2.14. The first-order valence-corrected chi connectivity index (χ1v) is 6.58. The lowest BCUT2D eigenvalue weighted by molar-refractivity contribution is 0.291. The van der Waals surface area contributed by atoms with Gasteiger partial charge in [-0.25, -0.2) is 0 Å². The lowest BCUT2D eigenvalue weighted by Crippen LogP contribution is -2.09. The van der Waals surface area contributed by atoms with Crippen LogP contribution in [0.1, 0.15) is 30.9 Å². The van der Waals surface area contributed by atoms with Crippen molar-refractivity contribution >= 4 is 5.82 Å². The van der Waals surface area contributed by atoms with Crippen molar-refractivity contribution in [2.24, 2.45) is 0 Å². The van der Waals surface area contributed by atoms with Gasteiger partial charge in [-0.2, -0.15) is 5.10 Å². The van der Waals surface area contributed by atoms with Crippen molar-refractivity contribution in [3.8, 4) is 5.75 Å².